The largest absolute Gasteiger partial charge is 0.476 e. The van der Waals surface area contributed by atoms with E-state index in [1.807, 2.05) is 0 Å². The van der Waals surface area contributed by atoms with Gasteiger partial charge in [0, 0.05) is 6.20 Å². The topological polar surface area (TPSA) is 59.4 Å². The van der Waals surface area contributed by atoms with Crippen LogP contribution in [0.15, 0.2) is 36.5 Å². The van der Waals surface area contributed by atoms with Gasteiger partial charge in [-0.3, -0.25) is 0 Å². The van der Waals surface area contributed by atoms with Crippen molar-refractivity contribution >= 4 is 29.2 Å². The van der Waals surface area contributed by atoms with Crippen LogP contribution in [0.5, 0.6) is 11.5 Å². The second kappa shape index (κ2) is 5.25. The van der Waals surface area contributed by atoms with Crippen molar-refractivity contribution in [3.8, 4) is 11.5 Å². The highest BCUT2D eigenvalue weighted by Crippen LogP contribution is 2.35. The van der Waals surface area contributed by atoms with Crippen LogP contribution in [0.2, 0.25) is 10.0 Å². The monoisotopic (exact) mass is 283 g/mol. The van der Waals surface area contributed by atoms with Gasteiger partial charge in [0.1, 0.15) is 10.8 Å². The first-order chi connectivity index (χ1) is 8.59. The summed E-state index contributed by atoms with van der Waals surface area (Å²) in [7, 11) is 0. The maximum Gasteiger partial charge on any atom is 0.358 e. The Bertz CT molecular complexity index is 602. The number of benzene rings is 1. The van der Waals surface area contributed by atoms with E-state index in [0.29, 0.717) is 5.02 Å². The predicted octanol–water partition coefficient (Wildman–Crippen LogP) is 3.88. The Morgan fingerprint density at radius 2 is 1.89 bits per heavy atom. The molecule has 1 N–H and O–H groups in total. The van der Waals surface area contributed by atoms with E-state index in [1.165, 1.54) is 12.3 Å². The van der Waals surface area contributed by atoms with E-state index in [0.717, 1.165) is 0 Å². The van der Waals surface area contributed by atoms with E-state index in [4.69, 9.17) is 33.0 Å². The predicted molar refractivity (Wildman–Crippen MR) is 67.7 cm³/mol. The summed E-state index contributed by atoms with van der Waals surface area (Å²) in [6.45, 7) is 0. The summed E-state index contributed by atoms with van der Waals surface area (Å²) in [5.74, 6) is -0.794. The quantitative estimate of drug-likeness (QED) is 0.929. The number of halogens is 2. The van der Waals surface area contributed by atoms with Gasteiger partial charge in [-0.1, -0.05) is 29.3 Å². The van der Waals surface area contributed by atoms with Crippen LogP contribution >= 0.6 is 23.2 Å². The maximum atomic E-state index is 11.0. The van der Waals surface area contributed by atoms with Crippen LogP contribution in [0.25, 0.3) is 0 Å². The van der Waals surface area contributed by atoms with E-state index < -0.39 is 5.97 Å². The number of carboxylic acids is 1. The number of aromatic nitrogens is 1. The average molecular weight is 284 g/mol. The lowest BCUT2D eigenvalue weighted by Crippen LogP contribution is -2.02. The molecule has 0 aliphatic heterocycles. The average Bonchev–Trinajstić information content (AvgIpc) is 2.35. The van der Waals surface area contributed by atoms with Crippen molar-refractivity contribution in [2.45, 2.75) is 0 Å². The molecule has 2 rings (SSSR count). The molecule has 0 aliphatic carbocycles. The first kappa shape index (κ1) is 12.7. The van der Waals surface area contributed by atoms with Gasteiger partial charge in [0.05, 0.1) is 5.02 Å². The Kier molecular flexibility index (Phi) is 3.69. The molecule has 0 radical (unpaired) electrons. The van der Waals surface area contributed by atoms with Gasteiger partial charge in [-0.05, 0) is 24.3 Å². The van der Waals surface area contributed by atoms with Gasteiger partial charge in [-0.25, -0.2) is 9.78 Å². The van der Waals surface area contributed by atoms with Crippen LogP contribution in [0.4, 0.5) is 0 Å². The highest BCUT2D eigenvalue weighted by Gasteiger charge is 2.14. The van der Waals surface area contributed by atoms with Crippen molar-refractivity contribution in [3.63, 3.8) is 0 Å². The molecule has 92 valence electrons. The fourth-order valence-corrected chi connectivity index (χ4v) is 1.65. The van der Waals surface area contributed by atoms with E-state index in [1.54, 1.807) is 24.3 Å². The molecule has 6 heteroatoms. The fraction of sp³-hybridized carbons (Fsp3) is 0. The standard InChI is InChI=1S/C12H7Cl2NO3/c13-7-3-1-4-8(10(7)14)18-9-5-2-6-15-11(9)12(16)17/h1-6H,(H,16,17). The zero-order valence-electron chi connectivity index (χ0n) is 8.93. The molecule has 0 unspecified atom stereocenters. The summed E-state index contributed by atoms with van der Waals surface area (Å²) in [4.78, 5) is 14.7. The number of pyridine rings is 1. The summed E-state index contributed by atoms with van der Waals surface area (Å²) in [6.07, 6.45) is 1.37. The zero-order valence-corrected chi connectivity index (χ0v) is 10.4. The molecule has 0 atom stereocenters. The van der Waals surface area contributed by atoms with Crippen molar-refractivity contribution in [1.82, 2.24) is 4.98 Å². The smallest absolute Gasteiger partial charge is 0.358 e. The highest BCUT2D eigenvalue weighted by atomic mass is 35.5. The number of rotatable bonds is 3. The van der Waals surface area contributed by atoms with Crippen LogP contribution in [0.3, 0.4) is 0 Å². The highest BCUT2D eigenvalue weighted by molar-refractivity contribution is 6.42. The van der Waals surface area contributed by atoms with Crippen molar-refractivity contribution in [2.75, 3.05) is 0 Å². The number of hydrogen-bond donors (Lipinski definition) is 1. The Hall–Kier alpha value is -1.78. The molecule has 4 nitrogen and oxygen atoms in total. The lowest BCUT2D eigenvalue weighted by atomic mass is 10.3. The number of hydrogen-bond acceptors (Lipinski definition) is 3. The van der Waals surface area contributed by atoms with Gasteiger partial charge in [0.15, 0.2) is 11.4 Å². The molecular weight excluding hydrogens is 277 g/mol. The van der Waals surface area contributed by atoms with Gasteiger partial charge in [-0.15, -0.1) is 0 Å². The first-order valence-corrected chi connectivity index (χ1v) is 5.65. The molecule has 0 fully saturated rings. The molecule has 0 bridgehead atoms. The molecular formula is C12H7Cl2NO3. The van der Waals surface area contributed by atoms with E-state index in [2.05, 4.69) is 4.98 Å². The number of aromatic carboxylic acids is 1. The molecule has 1 aromatic carbocycles. The zero-order chi connectivity index (χ0) is 13.1. The van der Waals surface area contributed by atoms with Gasteiger partial charge < -0.3 is 9.84 Å². The van der Waals surface area contributed by atoms with Gasteiger partial charge >= 0.3 is 5.97 Å². The van der Waals surface area contributed by atoms with Gasteiger partial charge in [-0.2, -0.15) is 0 Å². The van der Waals surface area contributed by atoms with Crippen LogP contribution in [-0.4, -0.2) is 16.1 Å². The van der Waals surface area contributed by atoms with Crippen molar-refractivity contribution < 1.29 is 14.6 Å². The molecule has 0 saturated carbocycles. The lowest BCUT2D eigenvalue weighted by molar-refractivity contribution is 0.0687. The molecule has 1 aromatic heterocycles. The molecule has 0 spiro atoms. The summed E-state index contributed by atoms with van der Waals surface area (Å²) in [5, 5.41) is 9.52. The van der Waals surface area contributed by atoms with Crippen LogP contribution in [0.1, 0.15) is 10.5 Å². The lowest BCUT2D eigenvalue weighted by Gasteiger charge is -2.09. The van der Waals surface area contributed by atoms with E-state index >= 15 is 0 Å². The molecule has 0 amide bonds. The van der Waals surface area contributed by atoms with Crippen LogP contribution < -0.4 is 4.74 Å². The minimum absolute atomic E-state index is 0.106. The summed E-state index contributed by atoms with van der Waals surface area (Å²) >= 11 is 11.8. The Labute approximate surface area is 113 Å². The van der Waals surface area contributed by atoms with E-state index in [9.17, 15) is 4.79 Å². The third-order valence-electron chi connectivity index (χ3n) is 2.11. The Morgan fingerprint density at radius 1 is 1.17 bits per heavy atom. The second-order valence-corrected chi connectivity index (χ2v) is 4.09. The van der Waals surface area contributed by atoms with Gasteiger partial charge in [0.2, 0.25) is 0 Å². The molecule has 0 aliphatic rings. The third-order valence-corrected chi connectivity index (χ3v) is 2.91. The Balaban J connectivity index is 2.40. The van der Waals surface area contributed by atoms with Crippen LogP contribution in [0, 0.1) is 0 Å². The van der Waals surface area contributed by atoms with Gasteiger partial charge in [0.25, 0.3) is 0 Å². The molecule has 2 aromatic rings. The molecule has 1 heterocycles. The third kappa shape index (κ3) is 2.55. The number of ether oxygens (including phenoxy) is 1. The normalized spacial score (nSPS) is 10.1. The first-order valence-electron chi connectivity index (χ1n) is 4.90. The number of carboxylic acid groups (broad SMARTS) is 1. The minimum atomic E-state index is -1.18. The van der Waals surface area contributed by atoms with Crippen molar-refractivity contribution in [1.29, 1.82) is 0 Å². The number of carbonyl (C=O) groups is 1. The Morgan fingerprint density at radius 3 is 2.61 bits per heavy atom. The van der Waals surface area contributed by atoms with Crippen molar-refractivity contribution in [3.05, 3.63) is 52.3 Å². The summed E-state index contributed by atoms with van der Waals surface area (Å²) in [5.41, 5.74) is -0.187. The van der Waals surface area contributed by atoms with Crippen LogP contribution in [-0.2, 0) is 0 Å². The van der Waals surface area contributed by atoms with E-state index in [-0.39, 0.29) is 22.2 Å². The summed E-state index contributed by atoms with van der Waals surface area (Å²) in [6, 6.07) is 7.92. The molecule has 18 heavy (non-hydrogen) atoms. The maximum absolute atomic E-state index is 11.0. The second-order valence-electron chi connectivity index (χ2n) is 3.31. The molecule has 0 saturated heterocycles. The minimum Gasteiger partial charge on any atom is -0.476 e. The fourth-order valence-electron chi connectivity index (χ4n) is 1.31. The summed E-state index contributed by atoms with van der Waals surface area (Å²) < 4.78 is 5.42. The SMILES string of the molecule is O=C(O)c1ncccc1Oc1cccc(Cl)c1Cl. The van der Waals surface area contributed by atoms with Crippen molar-refractivity contribution in [2.24, 2.45) is 0 Å². The number of nitrogens with zero attached hydrogens (tertiary/aromatic N) is 1.